The number of ether oxygens (including phenoxy) is 1. The van der Waals surface area contributed by atoms with Gasteiger partial charge in [0.2, 0.25) is 0 Å². The number of nitrogens with zero attached hydrogens (tertiary/aromatic N) is 1. The Morgan fingerprint density at radius 3 is 2.72 bits per heavy atom. The van der Waals surface area contributed by atoms with Crippen LogP contribution in [0.15, 0.2) is 41.1 Å². The van der Waals surface area contributed by atoms with E-state index in [-0.39, 0.29) is 6.04 Å². The second-order valence-electron chi connectivity index (χ2n) is 4.16. The molecule has 4 heteroatoms. The number of aryl methyl sites for hydroxylation is 1. The fraction of sp³-hybridized carbons (Fsp3) is 0.214. The Bertz CT molecular complexity index is 557. The molecule has 18 heavy (non-hydrogen) atoms. The fourth-order valence-corrected chi connectivity index (χ4v) is 2.52. The zero-order chi connectivity index (χ0) is 13.1. The van der Waals surface area contributed by atoms with Gasteiger partial charge in [0.05, 0.1) is 19.3 Å². The van der Waals surface area contributed by atoms with Gasteiger partial charge in [-0.25, -0.2) is 0 Å². The maximum absolute atomic E-state index is 6.27. The summed E-state index contributed by atoms with van der Waals surface area (Å²) in [6.45, 7) is 2.05. The lowest BCUT2D eigenvalue weighted by Crippen LogP contribution is -2.13. The number of hydrogen-bond donors (Lipinski definition) is 1. The molecule has 0 amide bonds. The molecule has 0 aliphatic carbocycles. The van der Waals surface area contributed by atoms with Gasteiger partial charge in [-0.2, -0.15) is 0 Å². The van der Waals surface area contributed by atoms with Crippen molar-refractivity contribution in [1.82, 2.24) is 4.98 Å². The predicted molar refractivity (Wildman–Crippen MR) is 75.7 cm³/mol. The van der Waals surface area contributed by atoms with Gasteiger partial charge >= 0.3 is 0 Å². The number of pyridine rings is 1. The molecule has 1 atom stereocenters. The third-order valence-electron chi connectivity index (χ3n) is 2.82. The summed E-state index contributed by atoms with van der Waals surface area (Å²) in [6, 6.07) is 7.83. The molecule has 0 aliphatic rings. The second kappa shape index (κ2) is 5.50. The van der Waals surface area contributed by atoms with Crippen LogP contribution in [0.4, 0.5) is 0 Å². The lowest BCUT2D eigenvalue weighted by molar-refractivity contribution is 0.412. The molecule has 3 nitrogen and oxygen atoms in total. The summed E-state index contributed by atoms with van der Waals surface area (Å²) >= 11 is 3.55. The average molecular weight is 307 g/mol. The van der Waals surface area contributed by atoms with Crippen molar-refractivity contribution in [3.8, 4) is 5.75 Å². The number of nitrogens with two attached hydrogens (primary N) is 1. The number of halogens is 1. The summed E-state index contributed by atoms with van der Waals surface area (Å²) in [6.07, 6.45) is 3.43. The molecule has 1 unspecified atom stereocenters. The Balaban J connectivity index is 2.37. The van der Waals surface area contributed by atoms with Crippen molar-refractivity contribution in [3.05, 3.63) is 57.8 Å². The predicted octanol–water partition coefficient (Wildman–Crippen LogP) is 3.21. The van der Waals surface area contributed by atoms with E-state index in [0.717, 1.165) is 15.6 Å². The van der Waals surface area contributed by atoms with Gasteiger partial charge in [0.1, 0.15) is 5.75 Å². The van der Waals surface area contributed by atoms with Gasteiger partial charge < -0.3 is 10.5 Å². The maximum atomic E-state index is 6.27. The van der Waals surface area contributed by atoms with Crippen molar-refractivity contribution >= 4 is 15.9 Å². The average Bonchev–Trinajstić information content (AvgIpc) is 2.38. The molecule has 94 valence electrons. The molecule has 0 bridgehead atoms. The molecule has 1 aromatic carbocycles. The van der Waals surface area contributed by atoms with E-state index < -0.39 is 0 Å². The van der Waals surface area contributed by atoms with Crippen molar-refractivity contribution in [3.63, 3.8) is 0 Å². The number of methoxy groups -OCH3 is 1. The van der Waals surface area contributed by atoms with E-state index in [1.807, 2.05) is 25.1 Å². The molecular formula is C14H15BrN2O. The zero-order valence-corrected chi connectivity index (χ0v) is 11.9. The Morgan fingerprint density at radius 2 is 2.06 bits per heavy atom. The quantitative estimate of drug-likeness (QED) is 0.947. The van der Waals surface area contributed by atoms with Crippen LogP contribution in [0.1, 0.15) is 22.7 Å². The Kier molecular flexibility index (Phi) is 3.99. The molecule has 0 saturated heterocycles. The van der Waals surface area contributed by atoms with Crippen LogP contribution >= 0.6 is 15.9 Å². The van der Waals surface area contributed by atoms with E-state index in [2.05, 4.69) is 27.0 Å². The number of benzene rings is 1. The van der Waals surface area contributed by atoms with Crippen LogP contribution < -0.4 is 10.5 Å². The van der Waals surface area contributed by atoms with Gasteiger partial charge in [0.15, 0.2) is 0 Å². The molecule has 2 rings (SSSR count). The van der Waals surface area contributed by atoms with Gasteiger partial charge in [-0.3, -0.25) is 4.98 Å². The van der Waals surface area contributed by atoms with Crippen LogP contribution in [0, 0.1) is 6.92 Å². The zero-order valence-electron chi connectivity index (χ0n) is 10.4. The molecule has 0 aliphatic heterocycles. The SMILES string of the molecule is COc1cncc(C(N)c2ccc(C)cc2Br)c1. The summed E-state index contributed by atoms with van der Waals surface area (Å²) in [5.41, 5.74) is 9.43. The van der Waals surface area contributed by atoms with E-state index in [4.69, 9.17) is 10.5 Å². The minimum absolute atomic E-state index is 0.220. The summed E-state index contributed by atoms with van der Waals surface area (Å²) in [4.78, 5) is 4.13. The Labute approximate surface area is 115 Å². The highest BCUT2D eigenvalue weighted by atomic mass is 79.9. The van der Waals surface area contributed by atoms with Crippen LogP contribution in [0.2, 0.25) is 0 Å². The minimum Gasteiger partial charge on any atom is -0.495 e. The fourth-order valence-electron chi connectivity index (χ4n) is 1.78. The van der Waals surface area contributed by atoms with E-state index in [9.17, 15) is 0 Å². The molecular weight excluding hydrogens is 292 g/mol. The van der Waals surface area contributed by atoms with Gasteiger partial charge in [-0.05, 0) is 35.7 Å². The highest BCUT2D eigenvalue weighted by Crippen LogP contribution is 2.28. The van der Waals surface area contributed by atoms with Crippen molar-refractivity contribution in [1.29, 1.82) is 0 Å². The van der Waals surface area contributed by atoms with Crippen molar-refractivity contribution in [2.24, 2.45) is 5.73 Å². The third kappa shape index (κ3) is 2.71. The minimum atomic E-state index is -0.220. The van der Waals surface area contributed by atoms with Crippen LogP contribution in [0.25, 0.3) is 0 Å². The molecule has 2 aromatic rings. The van der Waals surface area contributed by atoms with Crippen LogP contribution in [-0.2, 0) is 0 Å². The lowest BCUT2D eigenvalue weighted by atomic mass is 10.00. The molecule has 0 spiro atoms. The first-order valence-electron chi connectivity index (χ1n) is 5.62. The topological polar surface area (TPSA) is 48.1 Å². The first-order valence-corrected chi connectivity index (χ1v) is 6.41. The number of hydrogen-bond acceptors (Lipinski definition) is 3. The Hall–Kier alpha value is -1.39. The summed E-state index contributed by atoms with van der Waals surface area (Å²) in [7, 11) is 1.62. The summed E-state index contributed by atoms with van der Waals surface area (Å²) in [5, 5.41) is 0. The van der Waals surface area contributed by atoms with E-state index >= 15 is 0 Å². The standard InChI is InChI=1S/C14H15BrN2O/c1-9-3-4-12(13(15)5-9)14(16)10-6-11(18-2)8-17-7-10/h3-8,14H,16H2,1-2H3. The van der Waals surface area contributed by atoms with Crippen molar-refractivity contribution in [2.75, 3.05) is 7.11 Å². The van der Waals surface area contributed by atoms with Gasteiger partial charge in [-0.15, -0.1) is 0 Å². The second-order valence-corrected chi connectivity index (χ2v) is 5.02. The highest BCUT2D eigenvalue weighted by Gasteiger charge is 2.13. The molecule has 1 aromatic heterocycles. The first kappa shape index (κ1) is 13.1. The first-order chi connectivity index (χ1) is 8.61. The lowest BCUT2D eigenvalue weighted by Gasteiger charge is -2.15. The van der Waals surface area contributed by atoms with Crippen LogP contribution in [0.5, 0.6) is 5.75 Å². The van der Waals surface area contributed by atoms with Crippen molar-refractivity contribution in [2.45, 2.75) is 13.0 Å². The maximum Gasteiger partial charge on any atom is 0.137 e. The van der Waals surface area contributed by atoms with Gasteiger partial charge in [0.25, 0.3) is 0 Å². The van der Waals surface area contributed by atoms with Gasteiger partial charge in [0, 0.05) is 10.7 Å². The van der Waals surface area contributed by atoms with E-state index in [1.165, 1.54) is 5.56 Å². The normalized spacial score (nSPS) is 12.2. The molecule has 1 heterocycles. The van der Waals surface area contributed by atoms with Crippen molar-refractivity contribution < 1.29 is 4.74 Å². The third-order valence-corrected chi connectivity index (χ3v) is 3.51. The summed E-state index contributed by atoms with van der Waals surface area (Å²) < 4.78 is 6.17. The van der Waals surface area contributed by atoms with E-state index in [1.54, 1.807) is 19.5 Å². The van der Waals surface area contributed by atoms with E-state index in [0.29, 0.717) is 5.75 Å². The monoisotopic (exact) mass is 306 g/mol. The van der Waals surface area contributed by atoms with Crippen LogP contribution in [0.3, 0.4) is 0 Å². The molecule has 2 N–H and O–H groups in total. The summed E-state index contributed by atoms with van der Waals surface area (Å²) in [5.74, 6) is 0.714. The number of aromatic nitrogens is 1. The molecule has 0 saturated carbocycles. The number of rotatable bonds is 3. The molecule has 0 fully saturated rings. The molecule has 0 radical (unpaired) electrons. The van der Waals surface area contributed by atoms with Crippen LogP contribution in [-0.4, -0.2) is 12.1 Å². The van der Waals surface area contributed by atoms with Gasteiger partial charge in [-0.1, -0.05) is 28.1 Å². The largest absolute Gasteiger partial charge is 0.495 e. The highest BCUT2D eigenvalue weighted by molar-refractivity contribution is 9.10. The Morgan fingerprint density at radius 1 is 1.28 bits per heavy atom. The smallest absolute Gasteiger partial charge is 0.137 e.